The molecule has 0 heterocycles. The molecule has 0 spiro atoms. The molecule has 3 nitrogen and oxygen atoms in total. The number of nitrogens with one attached hydrogen (secondary N) is 1. The molecule has 0 fully saturated rings. The third-order valence-electron chi connectivity index (χ3n) is 2.19. The molecule has 0 atom stereocenters. The van der Waals surface area contributed by atoms with Crippen LogP contribution < -0.4 is 11.3 Å². The summed E-state index contributed by atoms with van der Waals surface area (Å²) < 4.78 is 0. The Morgan fingerprint density at radius 1 is 1.31 bits per heavy atom. The van der Waals surface area contributed by atoms with Crippen LogP contribution in [0.4, 0.5) is 0 Å². The van der Waals surface area contributed by atoms with Crippen LogP contribution in [-0.2, 0) is 0 Å². The van der Waals surface area contributed by atoms with Crippen LogP contribution in [0.15, 0.2) is 52.2 Å². The van der Waals surface area contributed by atoms with Gasteiger partial charge in [-0.2, -0.15) is 0 Å². The molecule has 3 N–H and O–H groups in total. The second kappa shape index (κ2) is 7.65. The molecule has 0 aromatic heterocycles. The van der Waals surface area contributed by atoms with Crippen LogP contribution in [0.5, 0.6) is 0 Å². The van der Waals surface area contributed by atoms with Gasteiger partial charge in [-0.25, -0.2) is 0 Å². The van der Waals surface area contributed by atoms with Gasteiger partial charge in [-0.1, -0.05) is 24.3 Å². The number of rotatable bonds is 5. The fourth-order valence-corrected chi connectivity index (χ4v) is 1.20. The molecule has 0 rings (SSSR count). The van der Waals surface area contributed by atoms with Gasteiger partial charge in [-0.15, -0.1) is 0 Å². The van der Waals surface area contributed by atoms with E-state index in [2.05, 4.69) is 17.0 Å². The molecule has 3 heteroatoms. The van der Waals surface area contributed by atoms with Gasteiger partial charge in [-0.05, 0) is 32.4 Å². The number of allylic oxidation sites excluding steroid dienone is 5. The van der Waals surface area contributed by atoms with Crippen LogP contribution in [-0.4, -0.2) is 13.3 Å². The van der Waals surface area contributed by atoms with E-state index >= 15 is 0 Å². The van der Waals surface area contributed by atoms with Crippen molar-refractivity contribution in [2.75, 3.05) is 7.05 Å². The first-order valence-corrected chi connectivity index (χ1v) is 5.20. The number of hydrogen-bond donors (Lipinski definition) is 2. The van der Waals surface area contributed by atoms with Gasteiger partial charge in [0.2, 0.25) is 0 Å². The molecule has 0 aliphatic heterocycles. The monoisotopic (exact) mass is 219 g/mol. The van der Waals surface area contributed by atoms with Crippen molar-refractivity contribution in [3.8, 4) is 0 Å². The molecule has 0 bridgehead atoms. The number of aliphatic imine (C=N–C) groups is 1. The first-order chi connectivity index (χ1) is 7.60. The van der Waals surface area contributed by atoms with Gasteiger partial charge in [0.15, 0.2) is 0 Å². The average molecular weight is 219 g/mol. The normalized spacial score (nSPS) is 14.4. The molecule has 88 valence electrons. The molecule has 0 amide bonds. The predicted molar refractivity (Wildman–Crippen MR) is 72.2 cm³/mol. The SMILES string of the molecule is C=C(/C=N\C)C(=C/C(C)=C\C)/C(=C\C)NN. The van der Waals surface area contributed by atoms with Gasteiger partial charge in [0.1, 0.15) is 0 Å². The third kappa shape index (κ3) is 4.28. The van der Waals surface area contributed by atoms with E-state index in [0.29, 0.717) is 0 Å². The van der Waals surface area contributed by atoms with Gasteiger partial charge in [0, 0.05) is 18.8 Å². The highest BCUT2D eigenvalue weighted by Crippen LogP contribution is 2.16. The molecule has 0 radical (unpaired) electrons. The lowest BCUT2D eigenvalue weighted by atomic mass is 10.0. The summed E-state index contributed by atoms with van der Waals surface area (Å²) in [7, 11) is 1.72. The van der Waals surface area contributed by atoms with Gasteiger partial charge in [0.25, 0.3) is 0 Å². The molecule has 0 aliphatic rings. The molecular formula is C13H21N3. The summed E-state index contributed by atoms with van der Waals surface area (Å²) in [6.45, 7) is 9.91. The smallest absolute Gasteiger partial charge is 0.0521 e. The van der Waals surface area contributed by atoms with Crippen LogP contribution in [0.25, 0.3) is 0 Å². The lowest BCUT2D eigenvalue weighted by molar-refractivity contribution is 0.898. The first-order valence-electron chi connectivity index (χ1n) is 5.20. The minimum atomic E-state index is 0.828. The Hall–Kier alpha value is -1.61. The van der Waals surface area contributed by atoms with Crippen LogP contribution in [0, 0.1) is 0 Å². The van der Waals surface area contributed by atoms with E-state index in [0.717, 1.165) is 22.4 Å². The Bertz CT molecular complexity index is 357. The molecular weight excluding hydrogens is 198 g/mol. The largest absolute Gasteiger partial charge is 0.324 e. The maximum atomic E-state index is 5.47. The molecule has 0 aromatic rings. The van der Waals surface area contributed by atoms with E-state index in [1.165, 1.54) is 0 Å². The second-order valence-electron chi connectivity index (χ2n) is 3.35. The lowest BCUT2D eigenvalue weighted by Crippen LogP contribution is -2.23. The maximum Gasteiger partial charge on any atom is 0.0521 e. The Kier molecular flexibility index (Phi) is 6.88. The van der Waals surface area contributed by atoms with Gasteiger partial charge in [-0.3, -0.25) is 10.8 Å². The van der Waals surface area contributed by atoms with E-state index in [-0.39, 0.29) is 0 Å². The molecule has 0 unspecified atom stereocenters. The van der Waals surface area contributed by atoms with E-state index < -0.39 is 0 Å². The quantitative estimate of drug-likeness (QED) is 0.323. The van der Waals surface area contributed by atoms with E-state index in [1.807, 2.05) is 39.0 Å². The number of hydrazine groups is 1. The highest BCUT2D eigenvalue weighted by atomic mass is 15.2. The lowest BCUT2D eigenvalue weighted by Gasteiger charge is -2.11. The van der Waals surface area contributed by atoms with Crippen LogP contribution >= 0.6 is 0 Å². The molecule has 16 heavy (non-hydrogen) atoms. The summed E-state index contributed by atoms with van der Waals surface area (Å²) in [5.74, 6) is 5.47. The summed E-state index contributed by atoms with van der Waals surface area (Å²) in [5.41, 5.74) is 6.43. The molecule has 0 aromatic carbocycles. The summed E-state index contributed by atoms with van der Waals surface area (Å²) >= 11 is 0. The Morgan fingerprint density at radius 2 is 1.94 bits per heavy atom. The second-order valence-corrected chi connectivity index (χ2v) is 3.35. The number of hydrogen-bond acceptors (Lipinski definition) is 3. The predicted octanol–water partition coefficient (Wildman–Crippen LogP) is 2.50. The molecule has 0 aliphatic carbocycles. The standard InChI is InChI=1S/C13H21N3/c1-6-10(3)8-12(11(4)9-15-5)13(7-2)16-14/h6-9,16H,4,14H2,1-3,5H3/b10-6-,12-8-,13-7+,15-9-. The van der Waals surface area contributed by atoms with Gasteiger partial charge < -0.3 is 5.43 Å². The van der Waals surface area contributed by atoms with Gasteiger partial charge >= 0.3 is 0 Å². The van der Waals surface area contributed by atoms with Crippen molar-refractivity contribution in [3.05, 3.63) is 47.2 Å². The number of nitrogens with two attached hydrogens (primary N) is 1. The zero-order valence-corrected chi connectivity index (χ0v) is 10.5. The van der Waals surface area contributed by atoms with Crippen molar-refractivity contribution in [2.24, 2.45) is 10.8 Å². The Morgan fingerprint density at radius 3 is 2.31 bits per heavy atom. The van der Waals surface area contributed by atoms with Crippen molar-refractivity contribution in [3.63, 3.8) is 0 Å². The van der Waals surface area contributed by atoms with Gasteiger partial charge in [0.05, 0.1) is 5.70 Å². The highest BCUT2D eigenvalue weighted by molar-refractivity contribution is 5.86. The van der Waals surface area contributed by atoms with E-state index in [9.17, 15) is 0 Å². The summed E-state index contributed by atoms with van der Waals surface area (Å²) in [6, 6.07) is 0. The fraction of sp³-hybridized carbons (Fsp3) is 0.308. The average Bonchev–Trinajstić information content (AvgIpc) is 2.29. The van der Waals surface area contributed by atoms with E-state index in [4.69, 9.17) is 5.84 Å². The third-order valence-corrected chi connectivity index (χ3v) is 2.19. The van der Waals surface area contributed by atoms with Crippen molar-refractivity contribution >= 4 is 6.21 Å². The summed E-state index contributed by atoms with van der Waals surface area (Å²) in [4.78, 5) is 3.96. The molecule has 0 saturated heterocycles. The van der Waals surface area contributed by atoms with Crippen molar-refractivity contribution in [1.29, 1.82) is 0 Å². The first kappa shape index (κ1) is 14.4. The van der Waals surface area contributed by atoms with E-state index in [1.54, 1.807) is 13.3 Å². The van der Waals surface area contributed by atoms with Crippen molar-refractivity contribution in [2.45, 2.75) is 20.8 Å². The zero-order chi connectivity index (χ0) is 12.6. The minimum Gasteiger partial charge on any atom is -0.324 e. The van der Waals surface area contributed by atoms with Crippen molar-refractivity contribution < 1.29 is 0 Å². The Balaban J connectivity index is 5.38. The van der Waals surface area contributed by atoms with Crippen molar-refractivity contribution in [1.82, 2.24) is 5.43 Å². The van der Waals surface area contributed by atoms with Crippen LogP contribution in [0.3, 0.4) is 0 Å². The zero-order valence-electron chi connectivity index (χ0n) is 10.5. The maximum absolute atomic E-state index is 5.47. The topological polar surface area (TPSA) is 50.4 Å². The molecule has 0 saturated carbocycles. The fourth-order valence-electron chi connectivity index (χ4n) is 1.20. The summed E-state index contributed by atoms with van der Waals surface area (Å²) in [5, 5.41) is 0. The Labute approximate surface area is 98.1 Å². The minimum absolute atomic E-state index is 0.828. The number of nitrogens with zero attached hydrogens (tertiary/aromatic N) is 1. The van der Waals surface area contributed by atoms with Crippen LogP contribution in [0.1, 0.15) is 20.8 Å². The highest BCUT2D eigenvalue weighted by Gasteiger charge is 2.05. The van der Waals surface area contributed by atoms with Crippen LogP contribution in [0.2, 0.25) is 0 Å². The summed E-state index contributed by atoms with van der Waals surface area (Å²) in [6.07, 6.45) is 7.68.